The first-order valence-corrected chi connectivity index (χ1v) is 7.00. The minimum atomic E-state index is -0.205. The first-order valence-electron chi connectivity index (χ1n) is 6.62. The molecule has 0 atom stereocenters. The average molecular weight is 317 g/mol. The summed E-state index contributed by atoms with van der Waals surface area (Å²) in [5.41, 5.74) is 1.42. The van der Waals surface area contributed by atoms with Crippen LogP contribution in [0, 0.1) is 4.91 Å². The van der Waals surface area contributed by atoms with Gasteiger partial charge in [0.2, 0.25) is 5.88 Å². The quantitative estimate of drug-likeness (QED) is 0.723. The lowest BCUT2D eigenvalue weighted by Gasteiger charge is -2.11. The van der Waals surface area contributed by atoms with Crippen molar-refractivity contribution in [1.82, 2.24) is 4.57 Å². The van der Waals surface area contributed by atoms with Gasteiger partial charge < -0.3 is 14.4 Å². The molecule has 1 N–H and O–H groups in total. The monoisotopic (exact) mass is 316 g/mol. The lowest BCUT2D eigenvalue weighted by Crippen LogP contribution is -2.01. The van der Waals surface area contributed by atoms with Gasteiger partial charge in [-0.1, -0.05) is 41.9 Å². The molecule has 0 aliphatic heterocycles. The van der Waals surface area contributed by atoms with Crippen molar-refractivity contribution in [1.29, 1.82) is 0 Å². The van der Waals surface area contributed by atoms with Gasteiger partial charge >= 0.3 is 0 Å². The minimum absolute atomic E-state index is 0.00704. The molecule has 2 aromatic carbocycles. The Hall–Kier alpha value is -2.53. The summed E-state index contributed by atoms with van der Waals surface area (Å²) in [4.78, 5) is 11.1. The van der Waals surface area contributed by atoms with E-state index < -0.39 is 0 Å². The van der Waals surface area contributed by atoms with Gasteiger partial charge in [-0.3, -0.25) is 0 Å². The number of ether oxygens (including phenoxy) is 1. The maximum Gasteiger partial charge on any atom is 0.222 e. The summed E-state index contributed by atoms with van der Waals surface area (Å²) < 4.78 is 6.88. The van der Waals surface area contributed by atoms with E-state index in [1.807, 2.05) is 24.3 Å². The summed E-state index contributed by atoms with van der Waals surface area (Å²) in [5.74, 6) is 0.487. The van der Waals surface area contributed by atoms with E-state index in [1.54, 1.807) is 29.9 Å². The van der Waals surface area contributed by atoms with Gasteiger partial charge in [0.1, 0.15) is 5.75 Å². The Morgan fingerprint density at radius 3 is 2.73 bits per heavy atom. The van der Waals surface area contributed by atoms with Gasteiger partial charge in [-0.05, 0) is 17.3 Å². The van der Waals surface area contributed by atoms with Crippen molar-refractivity contribution < 1.29 is 9.84 Å². The molecule has 0 bridgehead atoms. The van der Waals surface area contributed by atoms with Gasteiger partial charge in [0, 0.05) is 10.9 Å². The smallest absolute Gasteiger partial charge is 0.222 e. The highest BCUT2D eigenvalue weighted by molar-refractivity contribution is 6.35. The highest BCUT2D eigenvalue weighted by Gasteiger charge is 2.20. The predicted octanol–water partition coefficient (Wildman–Crippen LogP) is 4.46. The maximum atomic E-state index is 11.1. The molecule has 0 fully saturated rings. The third-order valence-electron chi connectivity index (χ3n) is 3.59. The van der Waals surface area contributed by atoms with Crippen LogP contribution in [0.5, 0.6) is 11.6 Å². The molecule has 0 spiro atoms. The fourth-order valence-corrected chi connectivity index (χ4v) is 2.86. The van der Waals surface area contributed by atoms with E-state index in [2.05, 4.69) is 5.18 Å². The third kappa shape index (κ3) is 2.19. The number of aromatic hydroxyl groups is 1. The van der Waals surface area contributed by atoms with Crippen LogP contribution < -0.4 is 4.74 Å². The van der Waals surface area contributed by atoms with Crippen molar-refractivity contribution in [3.05, 3.63) is 58.0 Å². The minimum Gasteiger partial charge on any atom is -0.496 e. The number of benzene rings is 2. The van der Waals surface area contributed by atoms with Crippen LogP contribution in [-0.2, 0) is 6.54 Å². The second-order valence-corrected chi connectivity index (χ2v) is 5.20. The molecule has 0 amide bonds. The highest BCUT2D eigenvalue weighted by Crippen LogP contribution is 2.42. The Balaban J connectivity index is 2.23. The molecular weight excluding hydrogens is 304 g/mol. The van der Waals surface area contributed by atoms with Gasteiger partial charge in [0.25, 0.3) is 0 Å². The van der Waals surface area contributed by atoms with Crippen LogP contribution in [0.4, 0.5) is 5.69 Å². The summed E-state index contributed by atoms with van der Waals surface area (Å²) in [6, 6.07) is 12.6. The number of halogens is 1. The Bertz CT molecular complexity index is 858. The van der Waals surface area contributed by atoms with E-state index in [-0.39, 0.29) is 11.6 Å². The molecule has 22 heavy (non-hydrogen) atoms. The zero-order chi connectivity index (χ0) is 15.7. The lowest BCUT2D eigenvalue weighted by atomic mass is 10.2. The zero-order valence-corrected chi connectivity index (χ0v) is 12.5. The lowest BCUT2D eigenvalue weighted by molar-refractivity contribution is 0.403. The molecule has 0 saturated heterocycles. The van der Waals surface area contributed by atoms with Crippen LogP contribution >= 0.6 is 11.6 Å². The molecular formula is C16H13ClN2O3. The summed E-state index contributed by atoms with van der Waals surface area (Å²) in [7, 11) is 1.58. The number of rotatable bonds is 4. The van der Waals surface area contributed by atoms with Crippen LogP contribution in [0.15, 0.2) is 47.6 Å². The Morgan fingerprint density at radius 2 is 2.00 bits per heavy atom. The van der Waals surface area contributed by atoms with Crippen LogP contribution in [0.2, 0.25) is 5.02 Å². The van der Waals surface area contributed by atoms with Crippen molar-refractivity contribution in [2.45, 2.75) is 6.54 Å². The number of nitrogens with zero attached hydrogens (tertiary/aromatic N) is 2. The van der Waals surface area contributed by atoms with Crippen LogP contribution in [0.3, 0.4) is 0 Å². The van der Waals surface area contributed by atoms with Crippen molar-refractivity contribution in [2.75, 3.05) is 7.11 Å². The maximum absolute atomic E-state index is 11.1. The van der Waals surface area contributed by atoms with Crippen molar-refractivity contribution >= 4 is 28.2 Å². The standard InChI is InChI=1S/C16H13ClN2O3/c1-22-13-8-3-2-5-10(13)9-19-15-11(6-4-7-12(15)17)14(18-21)16(19)20/h2-8,20H,9H2,1H3. The van der Waals surface area contributed by atoms with Gasteiger partial charge in [0.15, 0.2) is 5.69 Å². The van der Waals surface area contributed by atoms with E-state index in [0.717, 1.165) is 5.56 Å². The number of methoxy groups -OCH3 is 1. The number of fused-ring (bicyclic) bond motifs is 1. The van der Waals surface area contributed by atoms with E-state index in [9.17, 15) is 10.0 Å². The molecule has 1 aromatic heterocycles. The largest absolute Gasteiger partial charge is 0.496 e. The fraction of sp³-hybridized carbons (Fsp3) is 0.125. The number of hydrogen-bond donors (Lipinski definition) is 1. The van der Waals surface area contributed by atoms with Crippen molar-refractivity contribution in [3.63, 3.8) is 0 Å². The molecule has 0 radical (unpaired) electrons. The molecule has 0 saturated carbocycles. The first kappa shape index (κ1) is 14.4. The van der Waals surface area contributed by atoms with Gasteiger partial charge in [-0.25, -0.2) is 0 Å². The van der Waals surface area contributed by atoms with E-state index in [4.69, 9.17) is 16.3 Å². The average Bonchev–Trinajstić information content (AvgIpc) is 2.81. The second kappa shape index (κ2) is 5.69. The molecule has 112 valence electrons. The molecule has 0 aliphatic rings. The predicted molar refractivity (Wildman–Crippen MR) is 86.2 cm³/mol. The molecule has 3 aromatic rings. The molecule has 0 aliphatic carbocycles. The van der Waals surface area contributed by atoms with E-state index >= 15 is 0 Å². The molecule has 5 nitrogen and oxygen atoms in total. The van der Waals surface area contributed by atoms with Gasteiger partial charge in [-0.2, -0.15) is 0 Å². The highest BCUT2D eigenvalue weighted by atomic mass is 35.5. The number of aromatic nitrogens is 1. The van der Waals surface area contributed by atoms with E-state index in [0.29, 0.717) is 28.2 Å². The Morgan fingerprint density at radius 1 is 1.23 bits per heavy atom. The number of hydrogen-bond acceptors (Lipinski definition) is 4. The number of para-hydroxylation sites is 2. The first-order chi connectivity index (χ1) is 10.7. The van der Waals surface area contributed by atoms with E-state index in [1.165, 1.54) is 0 Å². The summed E-state index contributed by atoms with van der Waals surface area (Å²) in [6.07, 6.45) is 0. The molecule has 0 unspecified atom stereocenters. The zero-order valence-electron chi connectivity index (χ0n) is 11.8. The number of nitroso groups, excluding NO2 is 1. The summed E-state index contributed by atoms with van der Waals surface area (Å²) in [5, 5.41) is 14.2. The van der Waals surface area contributed by atoms with Gasteiger partial charge in [0.05, 0.1) is 24.2 Å². The molecule has 3 rings (SSSR count). The van der Waals surface area contributed by atoms with Crippen molar-refractivity contribution in [3.8, 4) is 11.6 Å². The fourth-order valence-electron chi connectivity index (χ4n) is 2.58. The third-order valence-corrected chi connectivity index (χ3v) is 3.90. The Kier molecular flexibility index (Phi) is 3.73. The van der Waals surface area contributed by atoms with Crippen LogP contribution in [-0.4, -0.2) is 16.8 Å². The molecule has 6 heteroatoms. The van der Waals surface area contributed by atoms with Crippen molar-refractivity contribution in [2.24, 2.45) is 5.18 Å². The topological polar surface area (TPSA) is 63.8 Å². The second-order valence-electron chi connectivity index (χ2n) is 4.80. The van der Waals surface area contributed by atoms with Crippen LogP contribution in [0.1, 0.15) is 5.56 Å². The summed E-state index contributed by atoms with van der Waals surface area (Å²) >= 11 is 6.24. The summed E-state index contributed by atoms with van der Waals surface area (Å²) in [6.45, 7) is 0.311. The van der Waals surface area contributed by atoms with Crippen LogP contribution in [0.25, 0.3) is 10.9 Å². The Labute approximate surface area is 131 Å². The normalized spacial score (nSPS) is 10.8. The SMILES string of the molecule is COc1ccccc1Cn1c(O)c(N=O)c2cccc(Cl)c21. The molecule has 1 heterocycles. The van der Waals surface area contributed by atoms with Gasteiger partial charge in [-0.15, -0.1) is 4.91 Å².